The maximum Gasteiger partial charge on any atom is 0.416 e. The number of hydrogen-bond donors (Lipinski definition) is 2. The average molecular weight is 457 g/mol. The summed E-state index contributed by atoms with van der Waals surface area (Å²) in [5.74, 6) is 0.356. The van der Waals surface area contributed by atoms with Crippen LogP contribution in [0.4, 0.5) is 24.7 Å². The van der Waals surface area contributed by atoms with E-state index in [0.717, 1.165) is 54.9 Å². The second-order valence-electron chi connectivity index (χ2n) is 8.00. The molecule has 1 heterocycles. The molecule has 0 radical (unpaired) electrons. The zero-order valence-corrected chi connectivity index (χ0v) is 18.6. The Kier molecular flexibility index (Phi) is 8.17. The number of rotatable bonds is 5. The van der Waals surface area contributed by atoms with Gasteiger partial charge in [-0.2, -0.15) is 13.2 Å². The number of nitrogens with zero attached hydrogens (tertiary/aromatic N) is 2. The molecule has 0 saturated heterocycles. The van der Waals surface area contributed by atoms with E-state index in [1.165, 1.54) is 12.1 Å². The van der Waals surface area contributed by atoms with Gasteiger partial charge in [0.1, 0.15) is 5.82 Å². The number of pyridine rings is 1. The number of amides is 1. The zero-order chi connectivity index (χ0) is 21.9. The van der Waals surface area contributed by atoms with Crippen LogP contribution < -0.4 is 15.5 Å². The Morgan fingerprint density at radius 2 is 1.74 bits per heavy atom. The van der Waals surface area contributed by atoms with E-state index in [9.17, 15) is 18.0 Å². The highest BCUT2D eigenvalue weighted by molar-refractivity contribution is 5.94. The van der Waals surface area contributed by atoms with Gasteiger partial charge in [-0.1, -0.05) is 6.07 Å². The Morgan fingerprint density at radius 1 is 1.10 bits per heavy atom. The highest BCUT2D eigenvalue weighted by Crippen LogP contribution is 2.30. The van der Waals surface area contributed by atoms with Gasteiger partial charge in [0.05, 0.1) is 5.56 Å². The van der Waals surface area contributed by atoms with E-state index >= 15 is 0 Å². The predicted octanol–water partition coefficient (Wildman–Crippen LogP) is 5.05. The molecule has 1 amide bonds. The molecule has 1 aromatic carbocycles. The summed E-state index contributed by atoms with van der Waals surface area (Å²) in [5.41, 5.74) is 1.43. The van der Waals surface area contributed by atoms with Gasteiger partial charge in [0, 0.05) is 49.7 Å². The van der Waals surface area contributed by atoms with Crippen LogP contribution in [0.3, 0.4) is 0 Å². The molecule has 5 nitrogen and oxygen atoms in total. The molecule has 3 rings (SSSR count). The van der Waals surface area contributed by atoms with Crippen LogP contribution in [-0.2, 0) is 6.18 Å². The van der Waals surface area contributed by atoms with Crippen molar-refractivity contribution in [3.63, 3.8) is 0 Å². The lowest BCUT2D eigenvalue weighted by Gasteiger charge is -2.30. The molecule has 0 unspecified atom stereocenters. The van der Waals surface area contributed by atoms with Gasteiger partial charge in [0.25, 0.3) is 5.91 Å². The van der Waals surface area contributed by atoms with Gasteiger partial charge < -0.3 is 15.5 Å². The van der Waals surface area contributed by atoms with Gasteiger partial charge in [-0.05, 0) is 56.4 Å². The molecule has 1 aliphatic rings. The highest BCUT2D eigenvalue weighted by Gasteiger charge is 2.31. The molecule has 2 N–H and O–H groups in total. The second kappa shape index (κ2) is 10.2. The molecule has 1 aromatic heterocycles. The number of anilines is 2. The topological polar surface area (TPSA) is 57.3 Å². The van der Waals surface area contributed by atoms with Crippen molar-refractivity contribution in [2.45, 2.75) is 50.9 Å². The van der Waals surface area contributed by atoms with Crippen molar-refractivity contribution in [3.05, 3.63) is 53.2 Å². The third-order valence-corrected chi connectivity index (χ3v) is 5.42. The number of hydrogen-bond acceptors (Lipinski definition) is 4. The minimum Gasteiger partial charge on any atom is -0.377 e. The molecule has 0 aliphatic heterocycles. The van der Waals surface area contributed by atoms with Crippen LogP contribution >= 0.6 is 12.4 Å². The quantitative estimate of drug-likeness (QED) is 0.661. The second-order valence-corrected chi connectivity index (χ2v) is 8.00. The number of benzene rings is 1. The summed E-state index contributed by atoms with van der Waals surface area (Å²) in [6, 6.07) is 6.75. The van der Waals surface area contributed by atoms with E-state index in [-0.39, 0.29) is 30.1 Å². The smallest absolute Gasteiger partial charge is 0.377 e. The summed E-state index contributed by atoms with van der Waals surface area (Å²) in [6.45, 7) is 2.02. The first kappa shape index (κ1) is 24.8. The Morgan fingerprint density at radius 3 is 2.35 bits per heavy atom. The first-order chi connectivity index (χ1) is 14.1. The summed E-state index contributed by atoms with van der Waals surface area (Å²) in [6.07, 6.45) is 0.597. The van der Waals surface area contributed by atoms with E-state index in [1.807, 2.05) is 38.2 Å². The number of halogens is 4. The zero-order valence-electron chi connectivity index (χ0n) is 17.8. The molecule has 1 fully saturated rings. The molecule has 1 saturated carbocycles. The number of carbonyl (C=O) groups excluding carboxylic acids is 1. The number of aryl methyl sites for hydroxylation is 1. The van der Waals surface area contributed by atoms with Crippen LogP contribution in [-0.4, -0.2) is 37.1 Å². The monoisotopic (exact) mass is 456 g/mol. The minimum atomic E-state index is -4.46. The third-order valence-electron chi connectivity index (χ3n) is 5.42. The van der Waals surface area contributed by atoms with Crippen molar-refractivity contribution in [3.8, 4) is 0 Å². The Balaban J connectivity index is 0.00000341. The van der Waals surface area contributed by atoms with Crippen molar-refractivity contribution >= 4 is 29.8 Å². The lowest BCUT2D eigenvalue weighted by Crippen LogP contribution is -2.40. The summed E-state index contributed by atoms with van der Waals surface area (Å²) in [4.78, 5) is 18.9. The van der Waals surface area contributed by atoms with E-state index in [2.05, 4.69) is 15.6 Å². The van der Waals surface area contributed by atoms with Crippen molar-refractivity contribution < 1.29 is 18.0 Å². The highest BCUT2D eigenvalue weighted by atomic mass is 35.5. The molecule has 1 aliphatic carbocycles. The summed E-state index contributed by atoms with van der Waals surface area (Å²) in [7, 11) is 3.98. The number of nitrogens with one attached hydrogen (secondary N) is 2. The van der Waals surface area contributed by atoms with Gasteiger partial charge in [0.2, 0.25) is 0 Å². The van der Waals surface area contributed by atoms with Gasteiger partial charge in [-0.3, -0.25) is 4.79 Å². The van der Waals surface area contributed by atoms with Gasteiger partial charge in [-0.15, -0.1) is 12.4 Å². The van der Waals surface area contributed by atoms with Crippen LogP contribution in [0.2, 0.25) is 0 Å². The third kappa shape index (κ3) is 6.50. The molecular weight excluding hydrogens is 429 g/mol. The molecule has 170 valence electrons. The normalized spacial score (nSPS) is 18.6. The Hall–Kier alpha value is -2.48. The predicted molar refractivity (Wildman–Crippen MR) is 119 cm³/mol. The van der Waals surface area contributed by atoms with Crippen molar-refractivity contribution in [2.24, 2.45) is 0 Å². The van der Waals surface area contributed by atoms with E-state index in [1.54, 1.807) is 0 Å². The molecule has 0 atom stereocenters. The number of alkyl halides is 3. The average Bonchev–Trinajstić information content (AvgIpc) is 2.70. The number of carbonyl (C=O) groups is 1. The van der Waals surface area contributed by atoms with Crippen LogP contribution in [0, 0.1) is 6.92 Å². The van der Waals surface area contributed by atoms with Crippen LogP contribution in [0.1, 0.15) is 47.2 Å². The van der Waals surface area contributed by atoms with E-state index < -0.39 is 17.6 Å². The largest absolute Gasteiger partial charge is 0.416 e. The SMILES string of the molecule is Cc1cnc(N[C@H]2CC[C@@H](NC(=O)c3cccc(C(F)(F)F)c3)CC2)cc1N(C)C.Cl. The maximum absolute atomic E-state index is 12.9. The van der Waals surface area contributed by atoms with Crippen LogP contribution in [0.25, 0.3) is 0 Å². The first-order valence-corrected chi connectivity index (χ1v) is 10.0. The molecule has 2 aromatic rings. The molecule has 9 heteroatoms. The molecule has 0 spiro atoms. The van der Waals surface area contributed by atoms with Gasteiger partial charge in [0.15, 0.2) is 0 Å². The maximum atomic E-state index is 12.9. The van der Waals surface area contributed by atoms with Gasteiger partial charge in [-0.25, -0.2) is 4.98 Å². The van der Waals surface area contributed by atoms with Crippen LogP contribution in [0.15, 0.2) is 36.5 Å². The van der Waals surface area contributed by atoms with Crippen LogP contribution in [0.5, 0.6) is 0 Å². The fraction of sp³-hybridized carbons (Fsp3) is 0.455. The molecular formula is C22H28ClF3N4O. The molecule has 0 bridgehead atoms. The molecule has 31 heavy (non-hydrogen) atoms. The van der Waals surface area contributed by atoms with E-state index in [4.69, 9.17) is 0 Å². The lowest BCUT2D eigenvalue weighted by atomic mass is 9.91. The van der Waals surface area contributed by atoms with Crippen molar-refractivity contribution in [2.75, 3.05) is 24.3 Å². The first-order valence-electron chi connectivity index (χ1n) is 10.0. The number of aromatic nitrogens is 1. The Labute approximate surface area is 186 Å². The summed E-state index contributed by atoms with van der Waals surface area (Å²) < 4.78 is 38.6. The van der Waals surface area contributed by atoms with E-state index in [0.29, 0.717) is 0 Å². The van der Waals surface area contributed by atoms with Crippen molar-refractivity contribution in [1.82, 2.24) is 10.3 Å². The van der Waals surface area contributed by atoms with Gasteiger partial charge >= 0.3 is 6.18 Å². The summed E-state index contributed by atoms with van der Waals surface area (Å²) >= 11 is 0. The van der Waals surface area contributed by atoms with Crippen molar-refractivity contribution in [1.29, 1.82) is 0 Å². The Bertz CT molecular complexity index is 897. The lowest BCUT2D eigenvalue weighted by molar-refractivity contribution is -0.137. The minimum absolute atomic E-state index is 0. The summed E-state index contributed by atoms with van der Waals surface area (Å²) in [5, 5.41) is 6.33. The standard InChI is InChI=1S/C22H27F3N4O.ClH/c1-14-13-26-20(12-19(14)29(2)3)27-17-7-9-18(10-8-17)28-21(30)15-5-4-6-16(11-15)22(23,24)25;/h4-6,11-13,17-18H,7-10H2,1-3H3,(H,26,27)(H,28,30);1H/t17-,18+;. The fourth-order valence-electron chi connectivity index (χ4n) is 3.77. The fourth-order valence-corrected chi connectivity index (χ4v) is 3.77.